The molecule has 0 spiro atoms. The number of hydrogen-bond donors (Lipinski definition) is 4. The molecule has 1 amide bonds. The van der Waals surface area contributed by atoms with Crippen LogP contribution in [0.15, 0.2) is 64.8 Å². The zero-order chi connectivity index (χ0) is 19.8. The second-order valence-corrected chi connectivity index (χ2v) is 8.37. The second kappa shape index (κ2) is 7.35. The third-order valence-corrected chi connectivity index (χ3v) is 6.49. The molecule has 146 valence electrons. The molecule has 0 saturated heterocycles. The van der Waals surface area contributed by atoms with Gasteiger partial charge < -0.3 is 20.2 Å². The van der Waals surface area contributed by atoms with Gasteiger partial charge in [0, 0.05) is 28.1 Å². The van der Waals surface area contributed by atoms with Crippen LogP contribution in [-0.4, -0.2) is 29.0 Å². The van der Waals surface area contributed by atoms with Crippen LogP contribution in [0.2, 0.25) is 0 Å². The summed E-state index contributed by atoms with van der Waals surface area (Å²) in [6.45, 7) is 1.31. The number of thiophene rings is 1. The summed E-state index contributed by atoms with van der Waals surface area (Å²) in [5, 5.41) is 5.14. The van der Waals surface area contributed by atoms with Gasteiger partial charge in [-0.3, -0.25) is 4.79 Å². The Hall–Kier alpha value is -3.16. The number of carbonyl (C=O) groups excluding carboxylic acids is 1. The maximum atomic E-state index is 12.8. The lowest BCUT2D eigenvalue weighted by Gasteiger charge is -2.32. The van der Waals surface area contributed by atoms with Crippen molar-refractivity contribution in [3.05, 3.63) is 86.5 Å². The van der Waals surface area contributed by atoms with Crippen LogP contribution in [0.3, 0.4) is 0 Å². The van der Waals surface area contributed by atoms with Crippen LogP contribution in [0.1, 0.15) is 22.0 Å². The third-order valence-electron chi connectivity index (χ3n) is 5.49. The fraction of sp³-hybridized carbons (Fsp3) is 0.182. The minimum absolute atomic E-state index is 0.0307. The van der Waals surface area contributed by atoms with Crippen LogP contribution in [0.25, 0.3) is 11.0 Å². The van der Waals surface area contributed by atoms with E-state index in [1.807, 2.05) is 6.07 Å². The molecular weight excluding hydrogens is 384 g/mol. The van der Waals surface area contributed by atoms with Crippen LogP contribution < -0.4 is 15.9 Å². The van der Waals surface area contributed by atoms with Crippen molar-refractivity contribution in [2.75, 3.05) is 18.4 Å². The number of carbonyl (C=O) groups is 1. The number of anilines is 1. The van der Waals surface area contributed by atoms with E-state index in [1.54, 1.807) is 29.5 Å². The third kappa shape index (κ3) is 3.50. The topological polar surface area (TPSA) is 82.2 Å². The number of quaternary nitrogens is 1. The Morgan fingerprint density at radius 1 is 1.10 bits per heavy atom. The van der Waals surface area contributed by atoms with E-state index in [0.29, 0.717) is 17.7 Å². The highest BCUT2D eigenvalue weighted by Crippen LogP contribution is 2.29. The Labute approximate surface area is 171 Å². The molecule has 7 heteroatoms. The zero-order valence-electron chi connectivity index (χ0n) is 15.7. The first-order valence-electron chi connectivity index (χ1n) is 9.65. The lowest BCUT2D eigenvalue weighted by Crippen LogP contribution is -3.14. The molecule has 5 rings (SSSR count). The molecule has 1 unspecified atom stereocenters. The Kier molecular flexibility index (Phi) is 4.54. The summed E-state index contributed by atoms with van der Waals surface area (Å²) in [7, 11) is 0. The van der Waals surface area contributed by atoms with E-state index in [9.17, 15) is 9.59 Å². The van der Waals surface area contributed by atoms with Crippen molar-refractivity contribution in [2.24, 2.45) is 0 Å². The van der Waals surface area contributed by atoms with Crippen molar-refractivity contribution in [3.63, 3.8) is 0 Å². The number of imidazole rings is 1. The number of hydrogen-bond acceptors (Lipinski definition) is 3. The Morgan fingerprint density at radius 3 is 2.79 bits per heavy atom. The fourth-order valence-electron chi connectivity index (χ4n) is 4.22. The largest absolute Gasteiger partial charge is 0.323 e. The first-order valence-corrected chi connectivity index (χ1v) is 10.5. The van der Waals surface area contributed by atoms with Gasteiger partial charge in [-0.05, 0) is 29.6 Å². The first kappa shape index (κ1) is 17.9. The molecule has 0 fully saturated rings. The van der Waals surface area contributed by atoms with Crippen molar-refractivity contribution in [2.45, 2.75) is 12.5 Å². The van der Waals surface area contributed by atoms with Crippen molar-refractivity contribution in [1.82, 2.24) is 9.97 Å². The molecule has 0 saturated carbocycles. The van der Waals surface area contributed by atoms with Gasteiger partial charge in [0.1, 0.15) is 6.04 Å². The maximum absolute atomic E-state index is 12.8. The lowest BCUT2D eigenvalue weighted by atomic mass is 9.93. The van der Waals surface area contributed by atoms with Gasteiger partial charge in [0.2, 0.25) is 0 Å². The number of fused-ring (bicyclic) bond motifs is 2. The maximum Gasteiger partial charge on any atom is 0.323 e. The second-order valence-electron chi connectivity index (χ2n) is 7.37. The summed E-state index contributed by atoms with van der Waals surface area (Å²) in [6.07, 6.45) is 0.996. The summed E-state index contributed by atoms with van der Waals surface area (Å²) in [5.41, 5.74) is 4.41. The normalized spacial score (nSPS) is 18.5. The summed E-state index contributed by atoms with van der Waals surface area (Å²) in [6, 6.07) is 18.2. The predicted molar refractivity (Wildman–Crippen MR) is 115 cm³/mol. The van der Waals surface area contributed by atoms with Gasteiger partial charge in [-0.15, -0.1) is 11.3 Å². The smallest absolute Gasteiger partial charge is 0.321 e. The number of aromatic nitrogens is 2. The van der Waals surface area contributed by atoms with Gasteiger partial charge >= 0.3 is 5.69 Å². The standard InChI is InChI=1S/C22H20N4O2S/c27-20(23-15-6-7-17-18(12-15)25-22(28)24-17)13-26-10-8-19-16(9-11-29-19)21(26)14-4-2-1-3-5-14/h1-7,9,11-12,21H,8,10,13H2,(H,23,27)(H2,24,25,28)/p+1/t21-/m1/s1. The highest BCUT2D eigenvalue weighted by atomic mass is 32.1. The molecule has 2 aromatic heterocycles. The minimum Gasteiger partial charge on any atom is -0.321 e. The van der Waals surface area contributed by atoms with E-state index in [-0.39, 0.29) is 17.6 Å². The highest BCUT2D eigenvalue weighted by molar-refractivity contribution is 7.10. The van der Waals surface area contributed by atoms with E-state index in [2.05, 4.69) is 51.0 Å². The van der Waals surface area contributed by atoms with Gasteiger partial charge in [-0.25, -0.2) is 4.79 Å². The molecule has 4 N–H and O–H groups in total. The molecule has 2 atom stereocenters. The van der Waals surface area contributed by atoms with Crippen molar-refractivity contribution in [1.29, 1.82) is 0 Å². The minimum atomic E-state index is -0.251. The predicted octanol–water partition coefficient (Wildman–Crippen LogP) is 2.09. The van der Waals surface area contributed by atoms with Crippen LogP contribution >= 0.6 is 11.3 Å². The number of aromatic amines is 2. The lowest BCUT2D eigenvalue weighted by molar-refractivity contribution is -0.919. The number of H-pyrrole nitrogens is 2. The molecule has 0 aliphatic carbocycles. The number of benzene rings is 2. The van der Waals surface area contributed by atoms with Crippen LogP contribution in [0.5, 0.6) is 0 Å². The number of nitrogens with one attached hydrogen (secondary N) is 4. The van der Waals surface area contributed by atoms with Gasteiger partial charge in [-0.2, -0.15) is 0 Å². The quantitative estimate of drug-likeness (QED) is 0.419. The molecule has 1 aliphatic heterocycles. The van der Waals surface area contributed by atoms with E-state index in [0.717, 1.165) is 18.5 Å². The molecule has 29 heavy (non-hydrogen) atoms. The Balaban J connectivity index is 1.37. The molecule has 6 nitrogen and oxygen atoms in total. The van der Waals surface area contributed by atoms with E-state index < -0.39 is 0 Å². The summed E-state index contributed by atoms with van der Waals surface area (Å²) >= 11 is 1.80. The van der Waals surface area contributed by atoms with Gasteiger partial charge in [0.15, 0.2) is 6.54 Å². The molecule has 4 aromatic rings. The van der Waals surface area contributed by atoms with Crippen LogP contribution in [-0.2, 0) is 11.2 Å². The van der Waals surface area contributed by atoms with E-state index in [4.69, 9.17) is 0 Å². The number of rotatable bonds is 4. The molecule has 0 radical (unpaired) electrons. The molecule has 3 heterocycles. The molecular formula is C22H21N4O2S+. The van der Waals surface area contributed by atoms with E-state index in [1.165, 1.54) is 20.9 Å². The zero-order valence-corrected chi connectivity index (χ0v) is 16.5. The fourth-order valence-corrected chi connectivity index (χ4v) is 5.14. The SMILES string of the molecule is O=C(C[NH+]1CCc2sccc2[C@H]1c1ccccc1)Nc1ccc2[nH]c(=O)[nH]c2c1. The summed E-state index contributed by atoms with van der Waals surface area (Å²) in [5.74, 6) is -0.0307. The first-order chi connectivity index (χ1) is 14.2. The summed E-state index contributed by atoms with van der Waals surface area (Å²) in [4.78, 5) is 32.4. The summed E-state index contributed by atoms with van der Waals surface area (Å²) < 4.78 is 0. The van der Waals surface area contributed by atoms with E-state index >= 15 is 0 Å². The molecule has 2 aromatic carbocycles. The average molecular weight is 406 g/mol. The van der Waals surface area contributed by atoms with Crippen LogP contribution in [0.4, 0.5) is 5.69 Å². The monoisotopic (exact) mass is 405 g/mol. The Morgan fingerprint density at radius 2 is 1.93 bits per heavy atom. The van der Waals surface area contributed by atoms with Crippen LogP contribution in [0, 0.1) is 0 Å². The van der Waals surface area contributed by atoms with Gasteiger partial charge in [0.25, 0.3) is 5.91 Å². The van der Waals surface area contributed by atoms with Crippen molar-refractivity contribution in [3.8, 4) is 0 Å². The molecule has 1 aliphatic rings. The number of amides is 1. The van der Waals surface area contributed by atoms with Gasteiger partial charge in [0.05, 0.1) is 17.6 Å². The van der Waals surface area contributed by atoms with Crippen molar-refractivity contribution < 1.29 is 9.69 Å². The average Bonchev–Trinajstić information content (AvgIpc) is 3.33. The van der Waals surface area contributed by atoms with Crippen molar-refractivity contribution >= 4 is 34.0 Å². The Bertz CT molecular complexity index is 1220. The highest BCUT2D eigenvalue weighted by Gasteiger charge is 2.34. The molecule has 0 bridgehead atoms. The van der Waals surface area contributed by atoms with Gasteiger partial charge in [-0.1, -0.05) is 30.3 Å².